The predicted octanol–water partition coefficient (Wildman–Crippen LogP) is 5.18. The highest BCUT2D eigenvalue weighted by molar-refractivity contribution is 7.99. The Hall–Kier alpha value is -2.84. The molecule has 6 nitrogen and oxygen atoms in total. The van der Waals surface area contributed by atoms with Crippen LogP contribution in [0.5, 0.6) is 5.75 Å². The van der Waals surface area contributed by atoms with Gasteiger partial charge in [-0.05, 0) is 43.2 Å². The van der Waals surface area contributed by atoms with Crippen molar-refractivity contribution in [3.05, 3.63) is 76.8 Å². The molecule has 0 bridgehead atoms. The largest absolute Gasteiger partial charge is 0.485 e. The molecule has 0 unspecified atom stereocenters. The first kappa shape index (κ1) is 22.8. The van der Waals surface area contributed by atoms with E-state index in [1.807, 2.05) is 36.6 Å². The van der Waals surface area contributed by atoms with Gasteiger partial charge in [0.25, 0.3) is 0 Å². The van der Waals surface area contributed by atoms with Crippen LogP contribution in [0.1, 0.15) is 17.0 Å². The van der Waals surface area contributed by atoms with Crippen LogP contribution in [0.2, 0.25) is 5.02 Å². The number of hydrogen-bond donors (Lipinski definition) is 1. The van der Waals surface area contributed by atoms with Crippen molar-refractivity contribution in [2.24, 2.45) is 0 Å². The van der Waals surface area contributed by atoms with Gasteiger partial charge in [-0.3, -0.25) is 9.36 Å². The molecule has 0 spiro atoms. The van der Waals surface area contributed by atoms with E-state index in [0.29, 0.717) is 23.2 Å². The Balaban J connectivity index is 1.64. The van der Waals surface area contributed by atoms with E-state index in [1.165, 1.54) is 30.0 Å². The minimum absolute atomic E-state index is 0.0512. The number of anilines is 1. The van der Waals surface area contributed by atoms with Crippen molar-refractivity contribution < 1.29 is 13.9 Å². The molecule has 0 aliphatic carbocycles. The third kappa shape index (κ3) is 5.86. The number of benzene rings is 2. The molecule has 31 heavy (non-hydrogen) atoms. The van der Waals surface area contributed by atoms with Crippen molar-refractivity contribution in [3.63, 3.8) is 0 Å². The number of aromatic nitrogens is 3. The first-order valence-electron chi connectivity index (χ1n) is 9.48. The number of aryl methyl sites for hydroxylation is 2. The molecule has 3 rings (SSSR count). The second-order valence-corrected chi connectivity index (χ2v) is 8.12. The number of para-hydroxylation sites is 1. The molecule has 0 fully saturated rings. The fraction of sp³-hybridized carbons (Fsp3) is 0.227. The Bertz CT molecular complexity index is 1080. The van der Waals surface area contributed by atoms with E-state index in [0.717, 1.165) is 16.9 Å². The van der Waals surface area contributed by atoms with Crippen molar-refractivity contribution in [1.29, 1.82) is 0 Å². The van der Waals surface area contributed by atoms with Gasteiger partial charge in [-0.1, -0.05) is 47.6 Å². The molecule has 0 aliphatic rings. The standard InChI is InChI=1S/C22H22ClFN4O2S/c1-4-10-28-19(12-30-21-14(2)6-5-7-15(21)3)26-27-22(28)31-13-20(29)25-16-8-9-18(24)17(23)11-16/h4-9,11H,1,10,12-13H2,2-3H3,(H,25,29). The van der Waals surface area contributed by atoms with E-state index in [4.69, 9.17) is 16.3 Å². The minimum atomic E-state index is -0.540. The average molecular weight is 461 g/mol. The molecule has 0 aliphatic heterocycles. The Labute approximate surface area is 189 Å². The molecule has 2 aromatic carbocycles. The lowest BCUT2D eigenvalue weighted by atomic mass is 10.1. The SMILES string of the molecule is C=CCn1c(COc2c(C)cccc2C)nnc1SCC(=O)Nc1ccc(F)c(Cl)c1. The topological polar surface area (TPSA) is 69.0 Å². The summed E-state index contributed by atoms with van der Waals surface area (Å²) < 4.78 is 21.1. The summed E-state index contributed by atoms with van der Waals surface area (Å²) in [4.78, 5) is 12.3. The smallest absolute Gasteiger partial charge is 0.234 e. The molecule has 1 heterocycles. The number of amides is 1. The zero-order valence-electron chi connectivity index (χ0n) is 17.2. The molecule has 9 heteroatoms. The predicted molar refractivity (Wildman–Crippen MR) is 121 cm³/mol. The Morgan fingerprint density at radius 2 is 2.03 bits per heavy atom. The van der Waals surface area contributed by atoms with Gasteiger partial charge in [0.05, 0.1) is 10.8 Å². The molecule has 162 valence electrons. The van der Waals surface area contributed by atoms with Gasteiger partial charge in [0, 0.05) is 12.2 Å². The van der Waals surface area contributed by atoms with Crippen molar-refractivity contribution in [2.45, 2.75) is 32.2 Å². The summed E-state index contributed by atoms with van der Waals surface area (Å²) in [5, 5.41) is 11.6. The summed E-state index contributed by atoms with van der Waals surface area (Å²) in [7, 11) is 0. The molecule has 1 amide bonds. The average Bonchev–Trinajstić information content (AvgIpc) is 3.11. The van der Waals surface area contributed by atoms with E-state index in [2.05, 4.69) is 22.1 Å². The molecular formula is C22H22ClFN4O2S. The fourth-order valence-electron chi connectivity index (χ4n) is 2.91. The fourth-order valence-corrected chi connectivity index (χ4v) is 3.86. The van der Waals surface area contributed by atoms with Crippen LogP contribution in [0.4, 0.5) is 10.1 Å². The number of carbonyl (C=O) groups is 1. The molecule has 3 aromatic rings. The lowest BCUT2D eigenvalue weighted by Crippen LogP contribution is -2.15. The van der Waals surface area contributed by atoms with Gasteiger partial charge in [-0.25, -0.2) is 4.39 Å². The number of allylic oxidation sites excluding steroid dienone is 1. The third-order valence-corrected chi connectivity index (χ3v) is 5.65. The van der Waals surface area contributed by atoms with Crippen LogP contribution in [0.15, 0.2) is 54.2 Å². The van der Waals surface area contributed by atoms with E-state index < -0.39 is 5.82 Å². The zero-order chi connectivity index (χ0) is 22.4. The van der Waals surface area contributed by atoms with E-state index in [-0.39, 0.29) is 23.3 Å². The maximum Gasteiger partial charge on any atom is 0.234 e. The summed E-state index contributed by atoms with van der Waals surface area (Å²) in [5.74, 6) is 0.747. The summed E-state index contributed by atoms with van der Waals surface area (Å²) in [6, 6.07) is 9.98. The summed E-state index contributed by atoms with van der Waals surface area (Å²) in [6.45, 7) is 8.49. The maximum atomic E-state index is 13.3. The molecule has 0 saturated heterocycles. The second-order valence-electron chi connectivity index (χ2n) is 6.77. The van der Waals surface area contributed by atoms with Crippen LogP contribution in [0.25, 0.3) is 0 Å². The highest BCUT2D eigenvalue weighted by Crippen LogP contribution is 2.25. The van der Waals surface area contributed by atoms with Crippen LogP contribution in [-0.2, 0) is 17.9 Å². The van der Waals surface area contributed by atoms with E-state index in [1.54, 1.807) is 6.08 Å². The zero-order valence-corrected chi connectivity index (χ0v) is 18.8. The van der Waals surface area contributed by atoms with Crippen LogP contribution in [0, 0.1) is 19.7 Å². The van der Waals surface area contributed by atoms with Crippen molar-refractivity contribution in [1.82, 2.24) is 14.8 Å². The normalized spacial score (nSPS) is 10.7. The molecule has 1 aromatic heterocycles. The van der Waals surface area contributed by atoms with Gasteiger partial charge in [-0.2, -0.15) is 0 Å². The molecule has 0 radical (unpaired) electrons. The van der Waals surface area contributed by atoms with Gasteiger partial charge in [0.2, 0.25) is 5.91 Å². The van der Waals surface area contributed by atoms with Crippen molar-refractivity contribution in [2.75, 3.05) is 11.1 Å². The minimum Gasteiger partial charge on any atom is -0.485 e. The molecular weight excluding hydrogens is 439 g/mol. The molecule has 1 N–H and O–H groups in total. The van der Waals surface area contributed by atoms with Gasteiger partial charge in [0.1, 0.15) is 18.2 Å². The number of halogens is 2. The number of nitrogens with zero attached hydrogens (tertiary/aromatic N) is 3. The molecule has 0 atom stereocenters. The summed E-state index contributed by atoms with van der Waals surface area (Å²) >= 11 is 6.99. The Kier molecular flexibility index (Phi) is 7.70. The number of rotatable bonds is 9. The number of carbonyl (C=O) groups excluding carboxylic acids is 1. The maximum absolute atomic E-state index is 13.3. The highest BCUT2D eigenvalue weighted by Gasteiger charge is 2.15. The van der Waals surface area contributed by atoms with E-state index >= 15 is 0 Å². The Morgan fingerprint density at radius 3 is 2.71 bits per heavy atom. The van der Waals surface area contributed by atoms with Crippen LogP contribution < -0.4 is 10.1 Å². The number of hydrogen-bond acceptors (Lipinski definition) is 5. The number of thioether (sulfide) groups is 1. The summed E-state index contributed by atoms with van der Waals surface area (Å²) in [5.41, 5.74) is 2.51. The quantitative estimate of drug-likeness (QED) is 0.352. The van der Waals surface area contributed by atoms with Crippen LogP contribution in [0.3, 0.4) is 0 Å². The van der Waals surface area contributed by atoms with Gasteiger partial charge in [-0.15, -0.1) is 16.8 Å². The van der Waals surface area contributed by atoms with Gasteiger partial charge >= 0.3 is 0 Å². The van der Waals surface area contributed by atoms with E-state index in [9.17, 15) is 9.18 Å². The first-order chi connectivity index (χ1) is 14.9. The third-order valence-electron chi connectivity index (χ3n) is 4.40. The lowest BCUT2D eigenvalue weighted by Gasteiger charge is -2.12. The molecule has 0 saturated carbocycles. The first-order valence-corrected chi connectivity index (χ1v) is 10.8. The monoisotopic (exact) mass is 460 g/mol. The lowest BCUT2D eigenvalue weighted by molar-refractivity contribution is -0.113. The summed E-state index contributed by atoms with van der Waals surface area (Å²) in [6.07, 6.45) is 1.73. The number of ether oxygens (including phenoxy) is 1. The second kappa shape index (κ2) is 10.5. The van der Waals surface area contributed by atoms with Crippen molar-refractivity contribution >= 4 is 35.0 Å². The number of nitrogens with one attached hydrogen (secondary N) is 1. The van der Waals surface area contributed by atoms with Crippen molar-refractivity contribution in [3.8, 4) is 5.75 Å². The van der Waals surface area contributed by atoms with Crippen LogP contribution in [-0.4, -0.2) is 26.4 Å². The van der Waals surface area contributed by atoms with Crippen LogP contribution >= 0.6 is 23.4 Å². The van der Waals surface area contributed by atoms with Gasteiger partial charge < -0.3 is 10.1 Å². The van der Waals surface area contributed by atoms with Gasteiger partial charge in [0.15, 0.2) is 11.0 Å². The Morgan fingerprint density at radius 1 is 1.29 bits per heavy atom. The highest BCUT2D eigenvalue weighted by atomic mass is 35.5.